The van der Waals surface area contributed by atoms with Crippen LogP contribution in [-0.4, -0.2) is 4.98 Å². The Labute approximate surface area is 104 Å². The zero-order valence-electron chi connectivity index (χ0n) is 9.43. The molecule has 2 aromatic rings. The minimum absolute atomic E-state index is 0.263. The molecule has 0 saturated carbocycles. The summed E-state index contributed by atoms with van der Waals surface area (Å²) >= 11 is 1.43. The molecule has 2 rings (SSSR count). The van der Waals surface area contributed by atoms with Crippen LogP contribution in [0.4, 0.5) is 4.39 Å². The summed E-state index contributed by atoms with van der Waals surface area (Å²) in [6.45, 7) is 1.78. The predicted octanol–water partition coefficient (Wildman–Crippen LogP) is 3.39. The zero-order valence-corrected chi connectivity index (χ0v) is 10.2. The third-order valence-corrected chi connectivity index (χ3v) is 3.35. The first-order valence-corrected chi connectivity index (χ1v) is 6.13. The normalized spacial score (nSPS) is 12.4. The van der Waals surface area contributed by atoms with Gasteiger partial charge in [-0.3, -0.25) is 0 Å². The third-order valence-electron chi connectivity index (χ3n) is 2.32. The van der Waals surface area contributed by atoms with E-state index in [2.05, 4.69) is 4.98 Å². The van der Waals surface area contributed by atoms with E-state index in [1.165, 1.54) is 17.8 Å². The molecule has 0 saturated heterocycles. The minimum atomic E-state index is -0.331. The van der Waals surface area contributed by atoms with Crippen LogP contribution in [0.2, 0.25) is 0 Å². The summed E-state index contributed by atoms with van der Waals surface area (Å²) in [5.74, 6) is -0.263. The van der Waals surface area contributed by atoms with Gasteiger partial charge in [-0.05, 0) is 31.2 Å². The molecule has 0 amide bonds. The van der Waals surface area contributed by atoms with Crippen LogP contribution in [0.3, 0.4) is 0 Å². The van der Waals surface area contributed by atoms with Crippen molar-refractivity contribution >= 4 is 11.8 Å². The molecular weight excluding hydrogens is 235 g/mol. The number of benzene rings is 1. The van der Waals surface area contributed by atoms with E-state index >= 15 is 0 Å². The Morgan fingerprint density at radius 3 is 2.71 bits per heavy atom. The lowest BCUT2D eigenvalue weighted by Gasteiger charge is -2.12. The molecule has 1 aromatic carbocycles. The van der Waals surface area contributed by atoms with Gasteiger partial charge < -0.3 is 5.73 Å². The second-order valence-corrected chi connectivity index (χ2v) is 4.77. The molecule has 0 aliphatic rings. The van der Waals surface area contributed by atoms with Crippen molar-refractivity contribution in [3.63, 3.8) is 0 Å². The smallest absolute Gasteiger partial charge is 0.129 e. The fourth-order valence-corrected chi connectivity index (χ4v) is 2.59. The van der Waals surface area contributed by atoms with E-state index < -0.39 is 0 Å². The molecular formula is C13H13FN2S. The average molecular weight is 248 g/mol. The van der Waals surface area contributed by atoms with Gasteiger partial charge in [0.25, 0.3) is 0 Å². The van der Waals surface area contributed by atoms with Gasteiger partial charge in [-0.1, -0.05) is 23.9 Å². The van der Waals surface area contributed by atoms with Crippen LogP contribution in [0.15, 0.2) is 52.5 Å². The predicted molar refractivity (Wildman–Crippen MR) is 67.4 cm³/mol. The summed E-state index contributed by atoms with van der Waals surface area (Å²) in [5.41, 5.74) is 6.34. The molecule has 0 fully saturated rings. The molecule has 1 heterocycles. The molecule has 0 bridgehead atoms. The molecule has 4 heteroatoms. The molecule has 0 spiro atoms. The van der Waals surface area contributed by atoms with Gasteiger partial charge in [-0.25, -0.2) is 9.37 Å². The van der Waals surface area contributed by atoms with Crippen molar-refractivity contribution in [3.8, 4) is 0 Å². The molecule has 2 nitrogen and oxygen atoms in total. The Morgan fingerprint density at radius 1 is 1.24 bits per heavy atom. The fraction of sp³-hybridized carbons (Fsp3) is 0.154. The van der Waals surface area contributed by atoms with Gasteiger partial charge in [-0.15, -0.1) is 0 Å². The van der Waals surface area contributed by atoms with Crippen LogP contribution in [0.5, 0.6) is 0 Å². The van der Waals surface area contributed by atoms with E-state index in [1.807, 2.05) is 24.3 Å². The van der Waals surface area contributed by atoms with Crippen molar-refractivity contribution in [1.29, 1.82) is 0 Å². The van der Waals surface area contributed by atoms with E-state index in [9.17, 15) is 4.39 Å². The summed E-state index contributed by atoms with van der Waals surface area (Å²) in [6, 6.07) is 10.3. The number of pyridine rings is 1. The molecule has 88 valence electrons. The minimum Gasteiger partial charge on any atom is -0.324 e. The van der Waals surface area contributed by atoms with Gasteiger partial charge in [0.2, 0.25) is 0 Å². The summed E-state index contributed by atoms with van der Waals surface area (Å²) in [6.07, 6.45) is 1.72. The number of halogens is 1. The maximum atomic E-state index is 13.7. The molecule has 0 radical (unpaired) electrons. The van der Waals surface area contributed by atoms with Crippen LogP contribution in [-0.2, 0) is 0 Å². The third kappa shape index (κ3) is 2.84. The lowest BCUT2D eigenvalue weighted by Crippen LogP contribution is -2.08. The van der Waals surface area contributed by atoms with E-state index in [1.54, 1.807) is 19.2 Å². The van der Waals surface area contributed by atoms with Crippen molar-refractivity contribution in [3.05, 3.63) is 54.0 Å². The van der Waals surface area contributed by atoms with Gasteiger partial charge in [0, 0.05) is 22.7 Å². The molecule has 0 aliphatic carbocycles. The van der Waals surface area contributed by atoms with Crippen LogP contribution in [0.1, 0.15) is 18.5 Å². The number of rotatable bonds is 3. The highest BCUT2D eigenvalue weighted by Crippen LogP contribution is 2.32. The SMILES string of the molecule is C[C@@H](N)c1c(F)cccc1Sc1ccccn1. The molecule has 1 aromatic heterocycles. The lowest BCUT2D eigenvalue weighted by molar-refractivity contribution is 0.585. The van der Waals surface area contributed by atoms with Crippen LogP contribution < -0.4 is 5.73 Å². The Bertz CT molecular complexity index is 500. The van der Waals surface area contributed by atoms with Crippen LogP contribution in [0.25, 0.3) is 0 Å². The summed E-state index contributed by atoms with van der Waals surface area (Å²) in [4.78, 5) is 5.02. The van der Waals surface area contributed by atoms with Crippen molar-refractivity contribution in [2.45, 2.75) is 22.9 Å². The number of nitrogens with two attached hydrogens (primary N) is 1. The van der Waals surface area contributed by atoms with E-state index in [4.69, 9.17) is 5.73 Å². The number of hydrogen-bond donors (Lipinski definition) is 1. The average Bonchev–Trinajstić information content (AvgIpc) is 2.30. The molecule has 0 aliphatic heterocycles. The number of aromatic nitrogens is 1. The van der Waals surface area contributed by atoms with Crippen LogP contribution >= 0.6 is 11.8 Å². The highest BCUT2D eigenvalue weighted by molar-refractivity contribution is 7.99. The van der Waals surface area contributed by atoms with Gasteiger partial charge in [0.15, 0.2) is 0 Å². The quantitative estimate of drug-likeness (QED) is 0.905. The van der Waals surface area contributed by atoms with Gasteiger partial charge >= 0.3 is 0 Å². The zero-order chi connectivity index (χ0) is 12.3. The monoisotopic (exact) mass is 248 g/mol. The first-order chi connectivity index (χ1) is 8.18. The topological polar surface area (TPSA) is 38.9 Å². The van der Waals surface area contributed by atoms with Crippen molar-refractivity contribution in [1.82, 2.24) is 4.98 Å². The molecule has 0 unspecified atom stereocenters. The standard InChI is InChI=1S/C13H13FN2S/c1-9(15)13-10(14)5-4-6-11(13)17-12-7-2-3-8-16-12/h2-9H,15H2,1H3/t9-/m1/s1. The van der Waals surface area contributed by atoms with Crippen molar-refractivity contribution < 1.29 is 4.39 Å². The molecule has 2 N–H and O–H groups in total. The van der Waals surface area contributed by atoms with E-state index in [0.717, 1.165) is 9.92 Å². The van der Waals surface area contributed by atoms with Gasteiger partial charge in [0.05, 0.1) is 0 Å². The Hall–Kier alpha value is -1.39. The fourth-order valence-electron chi connectivity index (χ4n) is 1.57. The maximum absolute atomic E-state index is 13.7. The first-order valence-electron chi connectivity index (χ1n) is 5.31. The Morgan fingerprint density at radius 2 is 2.06 bits per heavy atom. The maximum Gasteiger partial charge on any atom is 0.129 e. The Kier molecular flexibility index (Phi) is 3.76. The second-order valence-electron chi connectivity index (χ2n) is 3.71. The van der Waals surface area contributed by atoms with Gasteiger partial charge in [-0.2, -0.15) is 0 Å². The van der Waals surface area contributed by atoms with Crippen molar-refractivity contribution in [2.75, 3.05) is 0 Å². The summed E-state index contributed by atoms with van der Waals surface area (Å²) in [5, 5.41) is 0.833. The van der Waals surface area contributed by atoms with Crippen molar-refractivity contribution in [2.24, 2.45) is 5.73 Å². The van der Waals surface area contributed by atoms with E-state index in [0.29, 0.717) is 5.56 Å². The number of hydrogen-bond acceptors (Lipinski definition) is 3. The number of nitrogens with zero attached hydrogens (tertiary/aromatic N) is 1. The molecule has 1 atom stereocenters. The second kappa shape index (κ2) is 5.29. The molecule has 17 heavy (non-hydrogen) atoms. The first kappa shape index (κ1) is 12.1. The highest BCUT2D eigenvalue weighted by Gasteiger charge is 2.13. The van der Waals surface area contributed by atoms with Gasteiger partial charge in [0.1, 0.15) is 10.8 Å². The van der Waals surface area contributed by atoms with E-state index in [-0.39, 0.29) is 11.9 Å². The summed E-state index contributed by atoms with van der Waals surface area (Å²) < 4.78 is 13.7. The van der Waals surface area contributed by atoms with Crippen LogP contribution in [0, 0.1) is 5.82 Å². The summed E-state index contributed by atoms with van der Waals surface area (Å²) in [7, 11) is 0. The lowest BCUT2D eigenvalue weighted by atomic mass is 10.1. The highest BCUT2D eigenvalue weighted by atomic mass is 32.2. The Balaban J connectivity index is 2.36. The largest absolute Gasteiger partial charge is 0.324 e.